The molecular formula is C9H13N3O2. The maximum atomic E-state index is 10.3. The van der Waals surface area contributed by atoms with Crippen molar-refractivity contribution in [3.8, 4) is 0 Å². The molecule has 0 fully saturated rings. The SMILES string of the molecule is CC(NC(=O)O)Nc1ccccc1N. The smallest absolute Gasteiger partial charge is 0.406 e. The van der Waals surface area contributed by atoms with Crippen molar-refractivity contribution in [1.29, 1.82) is 0 Å². The van der Waals surface area contributed by atoms with E-state index in [1.54, 1.807) is 19.1 Å². The van der Waals surface area contributed by atoms with Gasteiger partial charge in [0.1, 0.15) is 0 Å². The predicted molar refractivity (Wildman–Crippen MR) is 55.1 cm³/mol. The van der Waals surface area contributed by atoms with Crippen molar-refractivity contribution in [1.82, 2.24) is 5.32 Å². The highest BCUT2D eigenvalue weighted by Crippen LogP contribution is 2.16. The minimum atomic E-state index is -1.07. The van der Waals surface area contributed by atoms with Gasteiger partial charge >= 0.3 is 6.09 Å². The van der Waals surface area contributed by atoms with E-state index in [9.17, 15) is 4.79 Å². The second kappa shape index (κ2) is 4.36. The van der Waals surface area contributed by atoms with Crippen molar-refractivity contribution >= 4 is 17.5 Å². The second-order valence-corrected chi connectivity index (χ2v) is 2.90. The monoisotopic (exact) mass is 195 g/mol. The van der Waals surface area contributed by atoms with Crippen LogP contribution in [0, 0.1) is 0 Å². The van der Waals surface area contributed by atoms with Gasteiger partial charge in [-0.2, -0.15) is 0 Å². The predicted octanol–water partition coefficient (Wildman–Crippen LogP) is 1.29. The molecule has 76 valence electrons. The van der Waals surface area contributed by atoms with Gasteiger partial charge in [0, 0.05) is 0 Å². The van der Waals surface area contributed by atoms with Crippen LogP contribution < -0.4 is 16.4 Å². The highest BCUT2D eigenvalue weighted by Gasteiger charge is 2.05. The molecule has 0 saturated carbocycles. The highest BCUT2D eigenvalue weighted by molar-refractivity contribution is 5.68. The number of carbonyl (C=O) groups is 1. The molecule has 0 aliphatic heterocycles. The molecule has 1 rings (SSSR count). The van der Waals surface area contributed by atoms with E-state index in [-0.39, 0.29) is 6.17 Å². The standard InChI is InChI=1S/C9H13N3O2/c1-6(12-9(13)14)11-8-5-3-2-4-7(8)10/h2-6,11-12H,10H2,1H3,(H,13,14). The summed E-state index contributed by atoms with van der Waals surface area (Å²) in [5.41, 5.74) is 6.97. The van der Waals surface area contributed by atoms with Crippen LogP contribution in [0.5, 0.6) is 0 Å². The Hall–Kier alpha value is -1.91. The average Bonchev–Trinajstić information content (AvgIpc) is 2.07. The molecule has 0 aliphatic rings. The first-order chi connectivity index (χ1) is 6.59. The van der Waals surface area contributed by atoms with Crippen LogP contribution in [-0.2, 0) is 0 Å². The number of para-hydroxylation sites is 2. The lowest BCUT2D eigenvalue weighted by atomic mass is 10.2. The Morgan fingerprint density at radius 1 is 1.50 bits per heavy atom. The van der Waals surface area contributed by atoms with Crippen molar-refractivity contribution < 1.29 is 9.90 Å². The highest BCUT2D eigenvalue weighted by atomic mass is 16.4. The van der Waals surface area contributed by atoms with E-state index >= 15 is 0 Å². The van der Waals surface area contributed by atoms with Gasteiger partial charge in [-0.15, -0.1) is 0 Å². The van der Waals surface area contributed by atoms with Crippen LogP contribution in [0.3, 0.4) is 0 Å². The zero-order chi connectivity index (χ0) is 10.6. The van der Waals surface area contributed by atoms with Crippen LogP contribution in [-0.4, -0.2) is 17.4 Å². The zero-order valence-electron chi connectivity index (χ0n) is 7.82. The van der Waals surface area contributed by atoms with Crippen molar-refractivity contribution in [2.24, 2.45) is 0 Å². The summed E-state index contributed by atoms with van der Waals surface area (Å²) in [6.45, 7) is 1.70. The molecule has 14 heavy (non-hydrogen) atoms. The molecule has 5 N–H and O–H groups in total. The van der Waals surface area contributed by atoms with Gasteiger partial charge in [-0.25, -0.2) is 4.79 Å². The summed E-state index contributed by atoms with van der Waals surface area (Å²) < 4.78 is 0. The molecule has 0 saturated heterocycles. The number of nitrogens with two attached hydrogens (primary N) is 1. The zero-order valence-corrected chi connectivity index (χ0v) is 7.82. The van der Waals surface area contributed by atoms with E-state index < -0.39 is 6.09 Å². The van der Waals surface area contributed by atoms with E-state index in [2.05, 4.69) is 10.6 Å². The fourth-order valence-electron chi connectivity index (χ4n) is 1.08. The van der Waals surface area contributed by atoms with Gasteiger partial charge < -0.3 is 21.5 Å². The third kappa shape index (κ3) is 2.85. The molecule has 0 bridgehead atoms. The average molecular weight is 195 g/mol. The summed E-state index contributed by atoms with van der Waals surface area (Å²) in [7, 11) is 0. The van der Waals surface area contributed by atoms with Gasteiger partial charge in [0.05, 0.1) is 17.5 Å². The fraction of sp³-hybridized carbons (Fsp3) is 0.222. The number of hydrogen-bond donors (Lipinski definition) is 4. The van der Waals surface area contributed by atoms with Crippen LogP contribution in [0.25, 0.3) is 0 Å². The van der Waals surface area contributed by atoms with Gasteiger partial charge in [0.2, 0.25) is 0 Å². The topological polar surface area (TPSA) is 87.4 Å². The van der Waals surface area contributed by atoms with E-state index in [0.717, 1.165) is 0 Å². The van der Waals surface area contributed by atoms with Gasteiger partial charge in [0.25, 0.3) is 0 Å². The summed E-state index contributed by atoms with van der Waals surface area (Å²) in [6.07, 6.45) is -1.45. The lowest BCUT2D eigenvalue weighted by molar-refractivity contribution is 0.192. The number of carboxylic acid groups (broad SMARTS) is 1. The Balaban J connectivity index is 2.60. The number of anilines is 2. The molecule has 0 heterocycles. The molecule has 0 aromatic heterocycles. The normalized spacial score (nSPS) is 11.8. The van der Waals surface area contributed by atoms with Crippen molar-refractivity contribution in [3.63, 3.8) is 0 Å². The van der Waals surface area contributed by atoms with E-state index in [1.807, 2.05) is 12.1 Å². The number of nitrogens with one attached hydrogen (secondary N) is 2. The summed E-state index contributed by atoms with van der Waals surface area (Å²) >= 11 is 0. The summed E-state index contributed by atoms with van der Waals surface area (Å²) in [5, 5.41) is 13.6. The largest absolute Gasteiger partial charge is 0.465 e. The van der Waals surface area contributed by atoms with E-state index in [1.165, 1.54) is 0 Å². The molecule has 1 aromatic rings. The Kier molecular flexibility index (Phi) is 3.17. The number of amides is 1. The Morgan fingerprint density at radius 2 is 2.14 bits per heavy atom. The second-order valence-electron chi connectivity index (χ2n) is 2.90. The summed E-state index contributed by atoms with van der Waals surface area (Å²) in [6, 6.07) is 7.17. The minimum Gasteiger partial charge on any atom is -0.465 e. The summed E-state index contributed by atoms with van der Waals surface area (Å²) in [5.74, 6) is 0. The van der Waals surface area contributed by atoms with Crippen LogP contribution in [0.4, 0.5) is 16.2 Å². The molecule has 5 heteroatoms. The third-order valence-electron chi connectivity index (χ3n) is 1.67. The van der Waals surface area contributed by atoms with Gasteiger partial charge in [-0.3, -0.25) is 0 Å². The molecular weight excluding hydrogens is 182 g/mol. The number of benzene rings is 1. The molecule has 0 aliphatic carbocycles. The summed E-state index contributed by atoms with van der Waals surface area (Å²) in [4.78, 5) is 10.3. The number of nitrogen functional groups attached to an aromatic ring is 1. The molecule has 1 unspecified atom stereocenters. The van der Waals surface area contributed by atoms with Gasteiger partial charge in [-0.05, 0) is 19.1 Å². The maximum Gasteiger partial charge on any atom is 0.406 e. The first kappa shape index (κ1) is 10.2. The molecule has 1 atom stereocenters. The number of rotatable bonds is 3. The Morgan fingerprint density at radius 3 is 2.71 bits per heavy atom. The fourth-order valence-corrected chi connectivity index (χ4v) is 1.08. The Labute approximate surface area is 81.9 Å². The molecule has 0 spiro atoms. The van der Waals surface area contributed by atoms with Crippen LogP contribution in [0.1, 0.15) is 6.92 Å². The lowest BCUT2D eigenvalue weighted by Crippen LogP contribution is -2.37. The molecule has 5 nitrogen and oxygen atoms in total. The van der Waals surface area contributed by atoms with Crippen LogP contribution >= 0.6 is 0 Å². The number of hydrogen-bond acceptors (Lipinski definition) is 3. The van der Waals surface area contributed by atoms with Crippen molar-refractivity contribution in [3.05, 3.63) is 24.3 Å². The first-order valence-electron chi connectivity index (χ1n) is 4.20. The maximum absolute atomic E-state index is 10.3. The van der Waals surface area contributed by atoms with Crippen LogP contribution in [0.2, 0.25) is 0 Å². The molecule has 1 amide bonds. The Bertz CT molecular complexity index is 328. The van der Waals surface area contributed by atoms with Gasteiger partial charge in [0.15, 0.2) is 0 Å². The first-order valence-corrected chi connectivity index (χ1v) is 4.20. The minimum absolute atomic E-state index is 0.378. The molecule has 1 aromatic carbocycles. The molecule has 0 radical (unpaired) electrons. The van der Waals surface area contributed by atoms with E-state index in [4.69, 9.17) is 10.8 Å². The van der Waals surface area contributed by atoms with Crippen molar-refractivity contribution in [2.75, 3.05) is 11.1 Å². The van der Waals surface area contributed by atoms with E-state index in [0.29, 0.717) is 11.4 Å². The van der Waals surface area contributed by atoms with Gasteiger partial charge in [-0.1, -0.05) is 12.1 Å². The van der Waals surface area contributed by atoms with Crippen molar-refractivity contribution in [2.45, 2.75) is 13.1 Å². The quantitative estimate of drug-likeness (QED) is 0.432. The van der Waals surface area contributed by atoms with Crippen LogP contribution in [0.15, 0.2) is 24.3 Å². The third-order valence-corrected chi connectivity index (χ3v) is 1.67. The lowest BCUT2D eigenvalue weighted by Gasteiger charge is -2.16.